The van der Waals surface area contributed by atoms with Crippen molar-refractivity contribution < 1.29 is 4.79 Å². The monoisotopic (exact) mass is 408 g/mol. The maximum Gasteiger partial charge on any atom is 0.268 e. The van der Waals surface area contributed by atoms with Gasteiger partial charge in [-0.1, -0.05) is 23.7 Å². The van der Waals surface area contributed by atoms with E-state index in [1.165, 1.54) is 0 Å². The number of fused-ring (bicyclic) bond motifs is 3. The summed E-state index contributed by atoms with van der Waals surface area (Å²) in [4.78, 5) is 15.3. The molecule has 5 rings (SSSR count). The molecule has 0 bridgehead atoms. The molecular formula is C21H21ClN6O. The summed E-state index contributed by atoms with van der Waals surface area (Å²) < 4.78 is 4.02. The number of likely N-dealkylation sites (tertiary alicyclic amines) is 1. The molecule has 4 heterocycles. The zero-order chi connectivity index (χ0) is 20.1. The average Bonchev–Trinajstić information content (AvgIpc) is 3.21. The quantitative estimate of drug-likeness (QED) is 0.563. The Kier molecular flexibility index (Phi) is 4.29. The van der Waals surface area contributed by atoms with Crippen LogP contribution in [0.4, 0.5) is 0 Å². The van der Waals surface area contributed by atoms with Crippen LogP contribution in [0.2, 0.25) is 5.02 Å². The van der Waals surface area contributed by atoms with Crippen LogP contribution < -0.4 is 5.32 Å². The van der Waals surface area contributed by atoms with Crippen molar-refractivity contribution in [3.8, 4) is 0 Å². The number of rotatable bonds is 4. The molecule has 3 aromatic heterocycles. The van der Waals surface area contributed by atoms with Gasteiger partial charge in [0.05, 0.1) is 17.1 Å². The topological polar surface area (TPSA) is 67.5 Å². The Bertz CT molecular complexity index is 1240. The molecule has 1 fully saturated rings. The van der Waals surface area contributed by atoms with Crippen LogP contribution in [0.25, 0.3) is 16.7 Å². The number of aryl methyl sites for hydroxylation is 1. The number of hydrogen-bond acceptors (Lipinski definition) is 4. The second-order valence-corrected chi connectivity index (χ2v) is 8.12. The van der Waals surface area contributed by atoms with Gasteiger partial charge in [0.1, 0.15) is 11.5 Å². The Balaban J connectivity index is 1.63. The highest BCUT2D eigenvalue weighted by molar-refractivity contribution is 6.30. The molecule has 1 saturated heterocycles. The van der Waals surface area contributed by atoms with Gasteiger partial charge in [0, 0.05) is 24.7 Å². The smallest absolute Gasteiger partial charge is 0.268 e. The van der Waals surface area contributed by atoms with Gasteiger partial charge < -0.3 is 14.8 Å². The van der Waals surface area contributed by atoms with Gasteiger partial charge in [0.25, 0.3) is 5.91 Å². The lowest BCUT2D eigenvalue weighted by Crippen LogP contribution is -2.57. The van der Waals surface area contributed by atoms with E-state index in [1.807, 2.05) is 65.4 Å². The highest BCUT2D eigenvalue weighted by Gasteiger charge is 2.27. The number of amides is 1. The largest absolute Gasteiger partial charge is 0.345 e. The highest BCUT2D eigenvalue weighted by atomic mass is 35.5. The van der Waals surface area contributed by atoms with Crippen LogP contribution in [0.3, 0.4) is 0 Å². The predicted molar refractivity (Wildman–Crippen MR) is 113 cm³/mol. The number of nitrogens with one attached hydrogen (secondary N) is 1. The molecule has 1 N–H and O–H groups in total. The van der Waals surface area contributed by atoms with Crippen LogP contribution in [0.5, 0.6) is 0 Å². The zero-order valence-electron chi connectivity index (χ0n) is 16.3. The predicted octanol–water partition coefficient (Wildman–Crippen LogP) is 2.74. The molecule has 8 heteroatoms. The van der Waals surface area contributed by atoms with E-state index in [2.05, 4.69) is 20.4 Å². The Hall–Kier alpha value is -2.90. The van der Waals surface area contributed by atoms with Gasteiger partial charge in [0.2, 0.25) is 0 Å². The first kappa shape index (κ1) is 18.1. The number of pyridine rings is 1. The van der Waals surface area contributed by atoms with Crippen molar-refractivity contribution in [1.82, 2.24) is 29.4 Å². The number of halogens is 1. The molecule has 0 radical (unpaired) electrons. The zero-order valence-corrected chi connectivity index (χ0v) is 17.0. The Morgan fingerprint density at radius 1 is 1.17 bits per heavy atom. The molecular weight excluding hydrogens is 388 g/mol. The number of carbonyl (C=O) groups excluding carboxylic acids is 1. The van der Waals surface area contributed by atoms with E-state index < -0.39 is 0 Å². The molecule has 0 spiro atoms. The maximum atomic E-state index is 13.1. The van der Waals surface area contributed by atoms with Crippen LogP contribution in [-0.2, 0) is 6.54 Å². The number of carbonyl (C=O) groups is 1. The summed E-state index contributed by atoms with van der Waals surface area (Å²) in [5, 5.41) is 12.2. The van der Waals surface area contributed by atoms with Gasteiger partial charge in [-0.2, -0.15) is 0 Å². The maximum absolute atomic E-state index is 13.1. The number of benzene rings is 1. The summed E-state index contributed by atoms with van der Waals surface area (Å²) in [5.41, 5.74) is 4.30. The second kappa shape index (κ2) is 6.86. The summed E-state index contributed by atoms with van der Waals surface area (Å²) in [6.07, 6.45) is 0. The third-order valence-corrected chi connectivity index (χ3v) is 5.70. The first-order chi connectivity index (χ1) is 14.0. The van der Waals surface area contributed by atoms with Crippen molar-refractivity contribution in [2.75, 3.05) is 20.1 Å². The first-order valence-corrected chi connectivity index (χ1v) is 9.95. The van der Waals surface area contributed by atoms with E-state index in [9.17, 15) is 4.79 Å². The van der Waals surface area contributed by atoms with E-state index in [0.29, 0.717) is 17.3 Å². The fourth-order valence-electron chi connectivity index (χ4n) is 4.07. The minimum atomic E-state index is -0.0693. The van der Waals surface area contributed by atoms with E-state index in [0.717, 1.165) is 41.2 Å². The summed E-state index contributed by atoms with van der Waals surface area (Å²) in [6.45, 7) is 4.20. The fraction of sp³-hybridized carbons (Fsp3) is 0.286. The molecule has 0 atom stereocenters. The van der Waals surface area contributed by atoms with Crippen LogP contribution >= 0.6 is 11.6 Å². The van der Waals surface area contributed by atoms with Crippen molar-refractivity contribution in [3.05, 3.63) is 64.6 Å². The molecule has 0 saturated carbocycles. The molecule has 4 aromatic rings. The molecule has 0 aliphatic carbocycles. The van der Waals surface area contributed by atoms with E-state index in [4.69, 9.17) is 11.6 Å². The van der Waals surface area contributed by atoms with Gasteiger partial charge in [0.15, 0.2) is 5.65 Å². The number of likely N-dealkylation sites (N-methyl/N-ethyl adjacent to an activating group) is 1. The minimum absolute atomic E-state index is 0.0693. The Morgan fingerprint density at radius 2 is 2.00 bits per heavy atom. The second-order valence-electron chi connectivity index (χ2n) is 7.68. The Morgan fingerprint density at radius 3 is 2.76 bits per heavy atom. The van der Waals surface area contributed by atoms with Crippen molar-refractivity contribution in [2.24, 2.45) is 0 Å². The molecule has 0 unspecified atom stereocenters. The van der Waals surface area contributed by atoms with Crippen LogP contribution in [-0.4, -0.2) is 56.2 Å². The molecule has 148 valence electrons. The van der Waals surface area contributed by atoms with E-state index in [-0.39, 0.29) is 11.9 Å². The molecule has 7 nitrogen and oxygen atoms in total. The summed E-state index contributed by atoms with van der Waals surface area (Å²) >= 11 is 6.18. The van der Waals surface area contributed by atoms with Crippen LogP contribution in [0.15, 0.2) is 42.5 Å². The Labute approximate surface area is 172 Å². The molecule has 29 heavy (non-hydrogen) atoms. The fourth-order valence-corrected chi connectivity index (χ4v) is 4.28. The molecule has 1 aliphatic rings. The number of nitrogens with zero attached hydrogens (tertiary/aromatic N) is 5. The van der Waals surface area contributed by atoms with Crippen molar-refractivity contribution >= 4 is 34.2 Å². The van der Waals surface area contributed by atoms with Crippen molar-refractivity contribution in [1.29, 1.82) is 0 Å². The average molecular weight is 409 g/mol. The van der Waals surface area contributed by atoms with E-state index in [1.54, 1.807) is 0 Å². The number of aromatic nitrogens is 4. The lowest BCUT2D eigenvalue weighted by molar-refractivity contribution is 0.0849. The third kappa shape index (κ3) is 3.16. The summed E-state index contributed by atoms with van der Waals surface area (Å²) in [5.74, 6) is 0.721. The van der Waals surface area contributed by atoms with Crippen LogP contribution in [0.1, 0.15) is 21.9 Å². The normalized spacial score (nSPS) is 15.1. The first-order valence-electron chi connectivity index (χ1n) is 9.57. The standard InChI is InChI=1S/C21H21ClN6O/c1-13-24-25-20-7-6-17-18(28(13)20)9-19(21(29)23-16-11-26(2)12-16)27(17)10-14-4-3-5-15(22)8-14/h3-9,16H,10-12H2,1-2H3,(H,23,29). The van der Waals surface area contributed by atoms with Crippen LogP contribution in [0, 0.1) is 6.92 Å². The third-order valence-electron chi connectivity index (χ3n) is 5.46. The highest BCUT2D eigenvalue weighted by Crippen LogP contribution is 2.25. The van der Waals surface area contributed by atoms with Gasteiger partial charge in [-0.15, -0.1) is 10.2 Å². The summed E-state index contributed by atoms with van der Waals surface area (Å²) in [6, 6.07) is 13.8. The van der Waals surface area contributed by atoms with E-state index >= 15 is 0 Å². The lowest BCUT2D eigenvalue weighted by Gasteiger charge is -2.36. The lowest BCUT2D eigenvalue weighted by atomic mass is 10.1. The van der Waals surface area contributed by atoms with Gasteiger partial charge in [-0.25, -0.2) is 0 Å². The van der Waals surface area contributed by atoms with Gasteiger partial charge in [-0.05, 0) is 49.9 Å². The molecule has 1 amide bonds. The van der Waals surface area contributed by atoms with Crippen molar-refractivity contribution in [3.63, 3.8) is 0 Å². The summed E-state index contributed by atoms with van der Waals surface area (Å²) in [7, 11) is 2.05. The van der Waals surface area contributed by atoms with Gasteiger partial charge in [-0.3, -0.25) is 9.20 Å². The van der Waals surface area contributed by atoms with Crippen molar-refractivity contribution in [2.45, 2.75) is 19.5 Å². The number of hydrogen-bond donors (Lipinski definition) is 1. The minimum Gasteiger partial charge on any atom is -0.345 e. The molecule has 1 aromatic carbocycles. The SMILES string of the molecule is Cc1nnc2ccc3c(cc(C(=O)NC4CN(C)C4)n3Cc3cccc(Cl)c3)n12. The van der Waals surface area contributed by atoms with Gasteiger partial charge >= 0.3 is 0 Å². The molecule has 1 aliphatic heterocycles.